The second kappa shape index (κ2) is 16.1. The zero-order chi connectivity index (χ0) is 34.9. The molecule has 248 valence electrons. The van der Waals surface area contributed by atoms with Crippen LogP contribution in [-0.2, 0) is 6.42 Å². The lowest BCUT2D eigenvalue weighted by Crippen LogP contribution is -2.18. The summed E-state index contributed by atoms with van der Waals surface area (Å²) in [5.41, 5.74) is 16.4. The Kier molecular flexibility index (Phi) is 10.9. The van der Waals surface area contributed by atoms with Gasteiger partial charge in [0.15, 0.2) is 0 Å². The third kappa shape index (κ3) is 7.43. The third-order valence-corrected chi connectivity index (χ3v) is 9.47. The molecule has 2 aliphatic rings. The standard InChI is InChI=1S/C39H33N3.C8H12/c1-5-12-33(32-19-11-24-41-27(32)3)29-20-22-30(23-21-29)34-16-10-17-35-37(34)25-31-15-9-18-36(38(31)35)39(40-4)42-26(2)28-13-7-6-8-14-28;1-2-8-6-4-3-5-7-8/h5-24,39,42H,1-2,4,25H2,3H3;4,6-7H,2-3,5H2,1H3/b33-12-;. The second-order valence-corrected chi connectivity index (χ2v) is 12.6. The van der Waals surface area contributed by atoms with Crippen LogP contribution in [-0.4, -0.2) is 11.7 Å². The van der Waals surface area contributed by atoms with Gasteiger partial charge in [-0.1, -0.05) is 153 Å². The first-order valence-electron chi connectivity index (χ1n) is 17.4. The Bertz CT molecular complexity index is 2090. The molecule has 7 rings (SSSR count). The van der Waals surface area contributed by atoms with Crippen molar-refractivity contribution in [2.75, 3.05) is 0 Å². The van der Waals surface area contributed by atoms with E-state index >= 15 is 0 Å². The van der Waals surface area contributed by atoms with Gasteiger partial charge in [0.25, 0.3) is 0 Å². The predicted octanol–water partition coefficient (Wildman–Crippen LogP) is 11.9. The summed E-state index contributed by atoms with van der Waals surface area (Å²) in [7, 11) is 0. The minimum Gasteiger partial charge on any atom is -0.360 e. The number of allylic oxidation sites excluding steroid dienone is 6. The van der Waals surface area contributed by atoms with Gasteiger partial charge in [-0.05, 0) is 95.5 Å². The molecule has 0 aliphatic heterocycles. The highest BCUT2D eigenvalue weighted by Gasteiger charge is 2.27. The van der Waals surface area contributed by atoms with Crippen LogP contribution in [0.4, 0.5) is 0 Å². The average Bonchev–Trinajstić information content (AvgIpc) is 3.57. The molecule has 1 aromatic heterocycles. The number of rotatable bonds is 10. The van der Waals surface area contributed by atoms with Crippen molar-refractivity contribution in [1.82, 2.24) is 10.3 Å². The number of hydrogen-bond acceptors (Lipinski definition) is 3. The van der Waals surface area contributed by atoms with Crippen molar-refractivity contribution < 1.29 is 0 Å². The largest absolute Gasteiger partial charge is 0.360 e. The van der Waals surface area contributed by atoms with E-state index in [0.717, 1.165) is 45.6 Å². The van der Waals surface area contributed by atoms with Gasteiger partial charge in [0, 0.05) is 28.7 Å². The molecule has 0 fully saturated rings. The summed E-state index contributed by atoms with van der Waals surface area (Å²) in [6, 6.07) is 36.1. The Morgan fingerprint density at radius 3 is 2.34 bits per heavy atom. The SMILES string of the molecule is C=C/C=C(/c1ccc(-c2cccc3c2Cc2cccc(C(N=C)NC(=C)c4ccccc4)c2-3)cc1)c1cccnc1C.CCC1=CCCC=C1. The Balaban J connectivity index is 0.000000477. The van der Waals surface area contributed by atoms with Crippen LogP contribution in [0.15, 0.2) is 163 Å². The summed E-state index contributed by atoms with van der Waals surface area (Å²) in [6.07, 6.45) is 16.8. The van der Waals surface area contributed by atoms with Crippen LogP contribution in [0.1, 0.15) is 71.4 Å². The van der Waals surface area contributed by atoms with Crippen LogP contribution in [0, 0.1) is 6.92 Å². The fourth-order valence-electron chi connectivity index (χ4n) is 6.89. The zero-order valence-electron chi connectivity index (χ0n) is 29.2. The molecule has 1 unspecified atom stereocenters. The summed E-state index contributed by atoms with van der Waals surface area (Å²) < 4.78 is 0. The quantitative estimate of drug-likeness (QED) is 0.118. The molecule has 3 nitrogen and oxygen atoms in total. The van der Waals surface area contributed by atoms with Crippen molar-refractivity contribution in [1.29, 1.82) is 0 Å². The van der Waals surface area contributed by atoms with Gasteiger partial charge in [-0.2, -0.15) is 0 Å². The van der Waals surface area contributed by atoms with E-state index in [0.29, 0.717) is 0 Å². The van der Waals surface area contributed by atoms with Gasteiger partial charge < -0.3 is 5.32 Å². The van der Waals surface area contributed by atoms with Crippen LogP contribution < -0.4 is 5.32 Å². The van der Waals surface area contributed by atoms with Crippen molar-refractivity contribution in [3.05, 3.63) is 198 Å². The average molecular weight is 652 g/mol. The first-order valence-corrected chi connectivity index (χ1v) is 17.4. The fourth-order valence-corrected chi connectivity index (χ4v) is 6.89. The summed E-state index contributed by atoms with van der Waals surface area (Å²) in [4.78, 5) is 8.98. The van der Waals surface area contributed by atoms with Gasteiger partial charge in [0.2, 0.25) is 0 Å². The van der Waals surface area contributed by atoms with Crippen molar-refractivity contribution in [2.24, 2.45) is 4.99 Å². The van der Waals surface area contributed by atoms with Crippen molar-refractivity contribution in [2.45, 2.75) is 45.7 Å². The lowest BCUT2D eigenvalue weighted by atomic mass is 9.91. The van der Waals surface area contributed by atoms with Gasteiger partial charge >= 0.3 is 0 Å². The molecule has 1 atom stereocenters. The number of aryl methyl sites for hydroxylation is 1. The van der Waals surface area contributed by atoms with Crippen LogP contribution in [0.3, 0.4) is 0 Å². The predicted molar refractivity (Wildman–Crippen MR) is 214 cm³/mol. The van der Waals surface area contributed by atoms with E-state index < -0.39 is 0 Å². The van der Waals surface area contributed by atoms with Crippen molar-refractivity contribution >= 4 is 18.0 Å². The maximum absolute atomic E-state index is 4.49. The first kappa shape index (κ1) is 34.1. The molecule has 2 aliphatic carbocycles. The highest BCUT2D eigenvalue weighted by Crippen LogP contribution is 2.45. The summed E-state index contributed by atoms with van der Waals surface area (Å²) in [5, 5.41) is 3.51. The summed E-state index contributed by atoms with van der Waals surface area (Å²) >= 11 is 0. The molecule has 50 heavy (non-hydrogen) atoms. The van der Waals surface area contributed by atoms with E-state index in [2.05, 4.69) is 133 Å². The van der Waals surface area contributed by atoms with E-state index in [1.165, 1.54) is 58.2 Å². The molecule has 0 spiro atoms. The van der Waals surface area contributed by atoms with Gasteiger partial charge in [0.1, 0.15) is 6.17 Å². The topological polar surface area (TPSA) is 37.3 Å². The van der Waals surface area contributed by atoms with E-state index in [1.807, 2.05) is 55.6 Å². The maximum Gasteiger partial charge on any atom is 0.144 e. The van der Waals surface area contributed by atoms with E-state index in [4.69, 9.17) is 0 Å². The number of benzene rings is 4. The van der Waals surface area contributed by atoms with E-state index in [-0.39, 0.29) is 6.17 Å². The minimum atomic E-state index is -0.312. The molecule has 3 heteroatoms. The monoisotopic (exact) mass is 651 g/mol. The Morgan fingerprint density at radius 1 is 0.880 bits per heavy atom. The van der Waals surface area contributed by atoms with Crippen LogP contribution >= 0.6 is 0 Å². The third-order valence-electron chi connectivity index (χ3n) is 9.47. The molecule has 5 aromatic rings. The number of aromatic nitrogens is 1. The zero-order valence-corrected chi connectivity index (χ0v) is 29.2. The molecule has 0 saturated heterocycles. The highest BCUT2D eigenvalue weighted by molar-refractivity contribution is 5.88. The molecular formula is C47H45N3. The van der Waals surface area contributed by atoms with Crippen LogP contribution in [0.2, 0.25) is 0 Å². The summed E-state index contributed by atoms with van der Waals surface area (Å²) in [5.74, 6) is 0. The Morgan fingerprint density at radius 2 is 1.66 bits per heavy atom. The van der Waals surface area contributed by atoms with Gasteiger partial charge in [-0.3, -0.25) is 9.98 Å². The molecule has 0 bridgehead atoms. The molecular weight excluding hydrogens is 607 g/mol. The molecule has 1 N–H and O–H groups in total. The van der Waals surface area contributed by atoms with Crippen molar-refractivity contribution in [3.8, 4) is 22.3 Å². The molecule has 1 heterocycles. The number of nitrogens with one attached hydrogen (secondary N) is 1. The first-order chi connectivity index (χ1) is 24.5. The molecule has 0 amide bonds. The number of hydrogen-bond donors (Lipinski definition) is 1. The molecule has 0 radical (unpaired) electrons. The second-order valence-electron chi connectivity index (χ2n) is 12.6. The number of fused-ring (bicyclic) bond motifs is 3. The van der Waals surface area contributed by atoms with Gasteiger partial charge in [-0.25, -0.2) is 0 Å². The minimum absolute atomic E-state index is 0.312. The lowest BCUT2D eigenvalue weighted by molar-refractivity contribution is 0.677. The van der Waals surface area contributed by atoms with Gasteiger partial charge in [0.05, 0.1) is 0 Å². The van der Waals surface area contributed by atoms with E-state index in [9.17, 15) is 0 Å². The van der Waals surface area contributed by atoms with Crippen LogP contribution in [0.25, 0.3) is 33.5 Å². The van der Waals surface area contributed by atoms with E-state index in [1.54, 1.807) is 0 Å². The number of aliphatic imine (C=N–C) groups is 1. The van der Waals surface area contributed by atoms with Crippen LogP contribution in [0.5, 0.6) is 0 Å². The normalized spacial score (nSPS) is 13.6. The van der Waals surface area contributed by atoms with Gasteiger partial charge in [-0.15, -0.1) is 0 Å². The summed E-state index contributed by atoms with van der Waals surface area (Å²) in [6.45, 7) is 16.4. The number of nitrogens with zero attached hydrogens (tertiary/aromatic N) is 2. The molecule has 0 saturated carbocycles. The Labute approximate surface area is 297 Å². The van der Waals surface area contributed by atoms with Crippen molar-refractivity contribution in [3.63, 3.8) is 0 Å². The number of pyridine rings is 1. The maximum atomic E-state index is 4.49. The Hall–Kier alpha value is -5.80. The molecule has 4 aromatic carbocycles. The smallest absolute Gasteiger partial charge is 0.144 e. The fraction of sp³-hybridized carbons (Fsp3) is 0.149. The lowest BCUT2D eigenvalue weighted by Gasteiger charge is -2.21. The highest BCUT2D eigenvalue weighted by atomic mass is 15.1.